The van der Waals surface area contributed by atoms with Gasteiger partial charge in [-0.2, -0.15) is 20.8 Å². The van der Waals surface area contributed by atoms with Crippen LogP contribution in [0.3, 0.4) is 0 Å². The zero-order valence-corrected chi connectivity index (χ0v) is 17.2. The molecule has 0 amide bonds. The van der Waals surface area contributed by atoms with Crippen LogP contribution in [0.2, 0.25) is 0 Å². The number of nitrogens with zero attached hydrogens (tertiary/aromatic N) is 6. The molecule has 2 aromatic carbocycles. The first-order valence-electron chi connectivity index (χ1n) is 9.29. The number of nitriles is 3. The molecule has 2 aromatic rings. The number of halogens is 9. The van der Waals surface area contributed by atoms with Gasteiger partial charge in [-0.3, -0.25) is 0 Å². The van der Waals surface area contributed by atoms with Gasteiger partial charge in [0.2, 0.25) is 12.0 Å². The molecule has 0 saturated heterocycles. The van der Waals surface area contributed by atoms with Crippen LogP contribution in [0, 0.1) is 86.5 Å². The summed E-state index contributed by atoms with van der Waals surface area (Å²) in [6.07, 6.45) is 1.17. The second-order valence-electron chi connectivity index (χ2n) is 6.94. The first-order valence-corrected chi connectivity index (χ1v) is 9.29. The van der Waals surface area contributed by atoms with Gasteiger partial charge in [0, 0.05) is 5.56 Å². The summed E-state index contributed by atoms with van der Waals surface area (Å²) in [6, 6.07) is 2.81. The Morgan fingerprint density at radius 1 is 0.649 bits per heavy atom. The first kappa shape index (κ1) is 24.9. The molecule has 0 aromatic heterocycles. The van der Waals surface area contributed by atoms with Crippen molar-refractivity contribution in [3.8, 4) is 18.3 Å². The van der Waals surface area contributed by atoms with Gasteiger partial charge in [0.05, 0.1) is 16.8 Å². The standard InChI is InChI=1S/C22HF9N6/c23-7-1-6(10(24)14(28)11(7)25)18-8(5(2-32)3-33)19-22(36-18)21(35-4-34)20(37-19)9-12(26)15(29)17(31)16(30)13(9)27/h1H. The fraction of sp³-hybridized carbons (Fsp3) is 0. The van der Waals surface area contributed by atoms with Crippen molar-refractivity contribution in [1.82, 2.24) is 0 Å². The zero-order valence-electron chi connectivity index (χ0n) is 17.2. The third-order valence-electron chi connectivity index (χ3n) is 5.03. The topological polar surface area (TPSA) is 108 Å². The van der Waals surface area contributed by atoms with Crippen LogP contribution >= 0.6 is 0 Å². The number of allylic oxidation sites excluding steroid dienone is 3. The van der Waals surface area contributed by atoms with E-state index < -0.39 is 103 Å². The number of hydrogen-bond donors (Lipinski definition) is 0. The fourth-order valence-electron chi connectivity index (χ4n) is 3.46. The minimum atomic E-state index is -2.51. The maximum Gasteiger partial charge on any atom is 0.206 e. The van der Waals surface area contributed by atoms with Gasteiger partial charge in [0.1, 0.15) is 40.5 Å². The molecule has 0 saturated carbocycles. The molecule has 15 heteroatoms. The Balaban J connectivity index is 2.06. The highest BCUT2D eigenvalue weighted by Gasteiger charge is 2.42. The molecule has 2 heterocycles. The van der Waals surface area contributed by atoms with Gasteiger partial charge in [-0.1, -0.05) is 0 Å². The number of rotatable bonds is 2. The van der Waals surface area contributed by atoms with Crippen LogP contribution in [0.5, 0.6) is 0 Å². The fourth-order valence-corrected chi connectivity index (χ4v) is 3.46. The van der Waals surface area contributed by atoms with Crippen LogP contribution in [0.15, 0.2) is 43.6 Å². The van der Waals surface area contributed by atoms with Crippen molar-refractivity contribution in [2.45, 2.75) is 0 Å². The second-order valence-corrected chi connectivity index (χ2v) is 6.94. The van der Waals surface area contributed by atoms with Gasteiger partial charge in [0.25, 0.3) is 0 Å². The summed E-state index contributed by atoms with van der Waals surface area (Å²) in [5.74, 6) is -20.5. The van der Waals surface area contributed by atoms with Crippen molar-refractivity contribution >= 4 is 17.1 Å². The SMILES string of the molecule is N#CN=C1C(c2c(F)c(F)c(F)c(F)c2F)=NC2=C1N=C(c1cc(F)c(F)c(F)c1F)C2=C(C#N)C#N. The van der Waals surface area contributed by atoms with Crippen LogP contribution in [0.4, 0.5) is 39.5 Å². The lowest BCUT2D eigenvalue weighted by Crippen LogP contribution is -2.20. The van der Waals surface area contributed by atoms with Crippen molar-refractivity contribution < 1.29 is 39.5 Å². The van der Waals surface area contributed by atoms with Crippen LogP contribution in [-0.2, 0) is 0 Å². The lowest BCUT2D eigenvalue weighted by Gasteiger charge is -2.11. The molecule has 4 rings (SSSR count). The predicted octanol–water partition coefficient (Wildman–Crippen LogP) is 4.72. The minimum absolute atomic E-state index is 0.122. The quantitative estimate of drug-likeness (QED) is 0.188. The number of benzene rings is 2. The molecule has 2 aliphatic rings. The van der Waals surface area contributed by atoms with Crippen LogP contribution in [0.1, 0.15) is 11.1 Å². The van der Waals surface area contributed by atoms with E-state index in [9.17, 15) is 50.0 Å². The normalized spacial score (nSPS) is 15.3. The van der Waals surface area contributed by atoms with Gasteiger partial charge in [-0.15, -0.1) is 0 Å². The first-order chi connectivity index (χ1) is 17.5. The monoisotopic (exact) mass is 520 g/mol. The summed E-state index contributed by atoms with van der Waals surface area (Å²) >= 11 is 0. The van der Waals surface area contributed by atoms with Crippen molar-refractivity contribution in [1.29, 1.82) is 15.8 Å². The van der Waals surface area contributed by atoms with Gasteiger partial charge >= 0.3 is 0 Å². The summed E-state index contributed by atoms with van der Waals surface area (Å²) in [4.78, 5) is 10.6. The molecule has 0 atom stereocenters. The third kappa shape index (κ3) is 3.46. The lowest BCUT2D eigenvalue weighted by atomic mass is 9.96. The highest BCUT2D eigenvalue weighted by Crippen LogP contribution is 2.40. The van der Waals surface area contributed by atoms with Gasteiger partial charge in [-0.05, 0) is 6.07 Å². The van der Waals surface area contributed by atoms with Gasteiger partial charge in [-0.25, -0.2) is 49.5 Å². The van der Waals surface area contributed by atoms with Crippen LogP contribution in [-0.4, -0.2) is 17.1 Å². The smallest absolute Gasteiger partial charge is 0.206 e. The molecule has 0 N–H and O–H groups in total. The van der Waals surface area contributed by atoms with E-state index in [1.54, 1.807) is 0 Å². The van der Waals surface area contributed by atoms with E-state index in [0.29, 0.717) is 0 Å². The average Bonchev–Trinajstić information content (AvgIpc) is 3.40. The molecule has 2 aliphatic heterocycles. The molecule has 0 radical (unpaired) electrons. The molecule has 0 aliphatic carbocycles. The van der Waals surface area contributed by atoms with E-state index in [1.807, 2.05) is 0 Å². The highest BCUT2D eigenvalue weighted by molar-refractivity contribution is 6.57. The van der Waals surface area contributed by atoms with Crippen molar-refractivity contribution in [3.05, 3.63) is 92.1 Å². The van der Waals surface area contributed by atoms with E-state index in [1.165, 1.54) is 18.3 Å². The summed E-state index contributed by atoms with van der Waals surface area (Å²) in [6.45, 7) is 0. The van der Waals surface area contributed by atoms with Crippen LogP contribution in [0.25, 0.3) is 0 Å². The van der Waals surface area contributed by atoms with Crippen molar-refractivity contribution in [3.63, 3.8) is 0 Å². The molecular formula is C22HF9N6. The Morgan fingerprint density at radius 2 is 1.16 bits per heavy atom. The molecule has 6 nitrogen and oxygen atoms in total. The minimum Gasteiger partial charge on any atom is -0.243 e. The third-order valence-corrected chi connectivity index (χ3v) is 5.03. The molecule has 0 spiro atoms. The highest BCUT2D eigenvalue weighted by atomic mass is 19.2. The molecular weight excluding hydrogens is 519 g/mol. The Bertz CT molecular complexity index is 1700. The molecule has 0 fully saturated rings. The molecule has 0 unspecified atom stereocenters. The molecule has 0 bridgehead atoms. The Labute approximate surface area is 198 Å². The molecule has 182 valence electrons. The van der Waals surface area contributed by atoms with E-state index in [-0.39, 0.29) is 6.07 Å². The van der Waals surface area contributed by atoms with Crippen LogP contribution < -0.4 is 0 Å². The number of aliphatic imine (C=N–C) groups is 3. The predicted molar refractivity (Wildman–Crippen MR) is 104 cm³/mol. The van der Waals surface area contributed by atoms with Crippen molar-refractivity contribution in [2.75, 3.05) is 0 Å². The van der Waals surface area contributed by atoms with E-state index >= 15 is 0 Å². The van der Waals surface area contributed by atoms with Gasteiger partial charge in [0.15, 0.2) is 46.5 Å². The van der Waals surface area contributed by atoms with Crippen molar-refractivity contribution in [2.24, 2.45) is 15.0 Å². The maximum absolute atomic E-state index is 14.5. The zero-order chi connectivity index (χ0) is 27.3. The Hall–Kier alpha value is -5.23. The maximum atomic E-state index is 14.5. The summed E-state index contributed by atoms with van der Waals surface area (Å²) < 4.78 is 126. The Morgan fingerprint density at radius 3 is 1.70 bits per heavy atom. The largest absolute Gasteiger partial charge is 0.243 e. The average molecular weight is 520 g/mol. The number of hydrogen-bond acceptors (Lipinski definition) is 6. The lowest BCUT2D eigenvalue weighted by molar-refractivity contribution is 0.377. The summed E-state index contributed by atoms with van der Waals surface area (Å²) in [5, 5.41) is 27.7. The van der Waals surface area contributed by atoms with E-state index in [4.69, 9.17) is 5.26 Å². The molecule has 37 heavy (non-hydrogen) atoms. The Kier molecular flexibility index (Phi) is 5.90. The summed E-state index contributed by atoms with van der Waals surface area (Å²) in [7, 11) is 0. The van der Waals surface area contributed by atoms with Gasteiger partial charge < -0.3 is 0 Å². The second kappa shape index (κ2) is 8.77. The van der Waals surface area contributed by atoms with E-state index in [2.05, 4.69) is 15.0 Å². The summed E-state index contributed by atoms with van der Waals surface area (Å²) in [5.41, 5.74) is -9.07. The van der Waals surface area contributed by atoms with E-state index in [0.717, 1.165) is 0 Å².